The van der Waals surface area contributed by atoms with Gasteiger partial charge in [-0.25, -0.2) is 0 Å². The minimum absolute atomic E-state index is 0.328. The van der Waals surface area contributed by atoms with E-state index in [1.807, 2.05) is 0 Å². The fourth-order valence-electron chi connectivity index (χ4n) is 1.23. The van der Waals surface area contributed by atoms with Crippen LogP contribution in [0.2, 0.25) is 0 Å². The zero-order valence-electron chi connectivity index (χ0n) is 9.00. The van der Waals surface area contributed by atoms with E-state index < -0.39 is 0 Å². The van der Waals surface area contributed by atoms with Gasteiger partial charge in [-0.3, -0.25) is 0 Å². The summed E-state index contributed by atoms with van der Waals surface area (Å²) in [7, 11) is 2.11. The highest BCUT2D eigenvalue weighted by Crippen LogP contribution is 2.02. The Morgan fingerprint density at radius 3 is 2.38 bits per heavy atom. The van der Waals surface area contributed by atoms with E-state index in [4.69, 9.17) is 10.8 Å². The molecule has 0 fully saturated rings. The van der Waals surface area contributed by atoms with Crippen molar-refractivity contribution in [2.24, 2.45) is 5.73 Å². The average Bonchev–Trinajstić information content (AvgIpc) is 2.16. The first-order valence-corrected chi connectivity index (χ1v) is 5.23. The van der Waals surface area contributed by atoms with Gasteiger partial charge in [-0.2, -0.15) is 0 Å². The van der Waals surface area contributed by atoms with Crippen LogP contribution in [-0.2, 0) is 0 Å². The molecule has 0 aliphatic carbocycles. The highest BCUT2D eigenvalue weighted by atomic mass is 16.2. The zero-order chi connectivity index (χ0) is 10.1. The molecule has 3 nitrogen and oxygen atoms in total. The predicted octanol–water partition coefficient (Wildman–Crippen LogP) is 0.818. The summed E-state index contributed by atoms with van der Waals surface area (Å²) < 4.78 is 0. The van der Waals surface area contributed by atoms with Crippen LogP contribution in [0.15, 0.2) is 0 Å². The molecule has 1 unspecified atom stereocenters. The van der Waals surface area contributed by atoms with E-state index in [-0.39, 0.29) is 0 Å². The molecule has 0 aromatic heterocycles. The maximum atomic E-state index is 8.57. The fourth-order valence-corrected chi connectivity index (χ4v) is 1.23. The van der Waals surface area contributed by atoms with Gasteiger partial charge in [-0.05, 0) is 33.4 Å². The second kappa shape index (κ2) is 8.48. The van der Waals surface area contributed by atoms with Crippen LogP contribution in [-0.4, -0.2) is 42.8 Å². The number of hydrogen-bond donors (Lipinski definition) is 2. The van der Waals surface area contributed by atoms with Gasteiger partial charge in [0.25, 0.3) is 0 Å². The Balaban J connectivity index is 3.21. The van der Waals surface area contributed by atoms with Crippen LogP contribution in [0.4, 0.5) is 0 Å². The number of hydrogen-bond acceptors (Lipinski definition) is 3. The number of nitrogens with zero attached hydrogens (tertiary/aromatic N) is 1. The molecule has 0 saturated carbocycles. The van der Waals surface area contributed by atoms with Crippen molar-refractivity contribution >= 4 is 0 Å². The number of nitrogens with two attached hydrogens (primary N) is 1. The monoisotopic (exact) mass is 188 g/mol. The van der Waals surface area contributed by atoms with E-state index in [1.165, 1.54) is 12.8 Å². The Morgan fingerprint density at radius 2 is 1.85 bits per heavy atom. The van der Waals surface area contributed by atoms with Gasteiger partial charge in [0, 0.05) is 19.2 Å². The first kappa shape index (κ1) is 12.9. The first-order chi connectivity index (χ1) is 6.22. The average molecular weight is 188 g/mol. The van der Waals surface area contributed by atoms with Gasteiger partial charge in [-0.15, -0.1) is 0 Å². The Hall–Kier alpha value is -0.120. The Morgan fingerprint density at radius 1 is 1.23 bits per heavy atom. The molecule has 0 heterocycles. The molecule has 0 aromatic rings. The molecular formula is C10H24N2O. The second-order valence-electron chi connectivity index (χ2n) is 3.70. The quantitative estimate of drug-likeness (QED) is 0.554. The molecule has 3 heteroatoms. The third-order valence-electron chi connectivity index (χ3n) is 2.51. The largest absolute Gasteiger partial charge is 0.396 e. The lowest BCUT2D eigenvalue weighted by Gasteiger charge is -2.22. The maximum Gasteiger partial charge on any atom is 0.0431 e. The molecule has 13 heavy (non-hydrogen) atoms. The number of likely N-dealkylation sites (N-methyl/N-ethyl adjacent to an activating group) is 1. The zero-order valence-corrected chi connectivity index (χ0v) is 9.00. The van der Waals surface area contributed by atoms with E-state index in [0.29, 0.717) is 12.6 Å². The minimum atomic E-state index is 0.328. The normalized spacial score (nSPS) is 13.6. The maximum absolute atomic E-state index is 8.57. The van der Waals surface area contributed by atoms with Crippen LogP contribution in [0.3, 0.4) is 0 Å². The Labute approximate surface area is 81.9 Å². The molecule has 3 N–H and O–H groups in total. The van der Waals surface area contributed by atoms with Gasteiger partial charge in [-0.1, -0.05) is 12.8 Å². The predicted molar refractivity (Wildman–Crippen MR) is 56.7 cm³/mol. The summed E-state index contributed by atoms with van der Waals surface area (Å²) in [6.45, 7) is 4.32. The van der Waals surface area contributed by atoms with Gasteiger partial charge < -0.3 is 15.7 Å². The second-order valence-corrected chi connectivity index (χ2v) is 3.70. The number of unbranched alkanes of at least 4 members (excludes halogenated alkanes) is 3. The molecule has 0 rings (SSSR count). The molecule has 0 aliphatic rings. The Kier molecular flexibility index (Phi) is 8.40. The van der Waals surface area contributed by atoms with Crippen molar-refractivity contribution in [1.82, 2.24) is 4.90 Å². The summed E-state index contributed by atoms with van der Waals surface area (Å²) in [5, 5.41) is 8.57. The van der Waals surface area contributed by atoms with Crippen molar-refractivity contribution < 1.29 is 5.11 Å². The minimum Gasteiger partial charge on any atom is -0.396 e. The SMILES string of the molecule is CC(CN)N(C)CCCCCCO. The summed E-state index contributed by atoms with van der Waals surface area (Å²) in [5.74, 6) is 0. The van der Waals surface area contributed by atoms with Crippen LogP contribution in [0.1, 0.15) is 32.6 Å². The van der Waals surface area contributed by atoms with Crippen LogP contribution in [0.25, 0.3) is 0 Å². The van der Waals surface area contributed by atoms with Crippen LogP contribution in [0.5, 0.6) is 0 Å². The standard InChI is InChI=1S/C10H24N2O/c1-10(9-11)12(2)7-5-3-4-6-8-13/h10,13H,3-9,11H2,1-2H3. The van der Waals surface area contributed by atoms with E-state index in [1.54, 1.807) is 0 Å². The summed E-state index contributed by atoms with van der Waals surface area (Å²) in [6, 6.07) is 0.484. The van der Waals surface area contributed by atoms with Gasteiger partial charge >= 0.3 is 0 Å². The molecule has 0 spiro atoms. The summed E-state index contributed by atoms with van der Waals surface area (Å²) in [6.07, 6.45) is 4.50. The van der Waals surface area contributed by atoms with Crippen molar-refractivity contribution in [3.8, 4) is 0 Å². The smallest absolute Gasteiger partial charge is 0.0431 e. The molecule has 0 aliphatic heterocycles. The van der Waals surface area contributed by atoms with Crippen LogP contribution >= 0.6 is 0 Å². The van der Waals surface area contributed by atoms with E-state index >= 15 is 0 Å². The van der Waals surface area contributed by atoms with Crippen molar-refractivity contribution in [3.05, 3.63) is 0 Å². The molecule has 0 aromatic carbocycles. The van der Waals surface area contributed by atoms with E-state index in [2.05, 4.69) is 18.9 Å². The molecule has 0 bridgehead atoms. The third-order valence-corrected chi connectivity index (χ3v) is 2.51. The van der Waals surface area contributed by atoms with E-state index in [9.17, 15) is 0 Å². The Bertz CT molecular complexity index is 109. The highest BCUT2D eigenvalue weighted by molar-refractivity contribution is 4.63. The van der Waals surface area contributed by atoms with Crippen molar-refractivity contribution in [3.63, 3.8) is 0 Å². The fraction of sp³-hybridized carbons (Fsp3) is 1.00. The number of aliphatic hydroxyl groups is 1. The van der Waals surface area contributed by atoms with Crippen LogP contribution < -0.4 is 5.73 Å². The van der Waals surface area contributed by atoms with Gasteiger partial charge in [0.15, 0.2) is 0 Å². The number of rotatable bonds is 8. The van der Waals surface area contributed by atoms with Crippen molar-refractivity contribution in [1.29, 1.82) is 0 Å². The number of aliphatic hydroxyl groups excluding tert-OH is 1. The molecular weight excluding hydrogens is 164 g/mol. The molecule has 0 saturated heterocycles. The highest BCUT2D eigenvalue weighted by Gasteiger charge is 2.05. The molecule has 80 valence electrons. The summed E-state index contributed by atoms with van der Waals surface area (Å²) >= 11 is 0. The third kappa shape index (κ3) is 6.99. The van der Waals surface area contributed by atoms with Crippen molar-refractivity contribution in [2.75, 3.05) is 26.7 Å². The lowest BCUT2D eigenvalue weighted by molar-refractivity contribution is 0.251. The van der Waals surface area contributed by atoms with Gasteiger partial charge in [0.05, 0.1) is 0 Å². The topological polar surface area (TPSA) is 49.5 Å². The van der Waals surface area contributed by atoms with E-state index in [0.717, 1.165) is 25.9 Å². The van der Waals surface area contributed by atoms with Crippen molar-refractivity contribution in [2.45, 2.75) is 38.6 Å². The lowest BCUT2D eigenvalue weighted by atomic mass is 10.2. The van der Waals surface area contributed by atoms with Gasteiger partial charge in [0.1, 0.15) is 0 Å². The summed E-state index contributed by atoms with van der Waals surface area (Å²) in [4.78, 5) is 2.29. The van der Waals surface area contributed by atoms with Gasteiger partial charge in [0.2, 0.25) is 0 Å². The molecule has 0 amide bonds. The lowest BCUT2D eigenvalue weighted by Crippen LogP contribution is -2.35. The van der Waals surface area contributed by atoms with Crippen LogP contribution in [0, 0.1) is 0 Å². The summed E-state index contributed by atoms with van der Waals surface area (Å²) in [5.41, 5.74) is 5.55. The molecule has 1 atom stereocenters. The molecule has 0 radical (unpaired) electrons. The first-order valence-electron chi connectivity index (χ1n) is 5.23.